The lowest BCUT2D eigenvalue weighted by atomic mass is 9.72. The van der Waals surface area contributed by atoms with Crippen molar-refractivity contribution in [3.05, 3.63) is 58.7 Å². The van der Waals surface area contributed by atoms with E-state index in [-0.39, 0.29) is 6.61 Å². The van der Waals surface area contributed by atoms with Crippen molar-refractivity contribution in [3.8, 4) is 0 Å². The second kappa shape index (κ2) is 8.19. The van der Waals surface area contributed by atoms with E-state index in [1.54, 1.807) is 6.08 Å². The molecule has 0 saturated carbocycles. The summed E-state index contributed by atoms with van der Waals surface area (Å²) < 4.78 is 0. The van der Waals surface area contributed by atoms with Gasteiger partial charge < -0.3 is 5.11 Å². The van der Waals surface area contributed by atoms with Gasteiger partial charge in [-0.25, -0.2) is 0 Å². The first-order valence-electron chi connectivity index (χ1n) is 7.87. The van der Waals surface area contributed by atoms with Gasteiger partial charge in [0.05, 0.1) is 6.61 Å². The molecule has 1 nitrogen and oxygen atoms in total. The highest BCUT2D eigenvalue weighted by Crippen LogP contribution is 2.40. The van der Waals surface area contributed by atoms with Crippen LogP contribution in [0.5, 0.6) is 0 Å². The van der Waals surface area contributed by atoms with Crippen LogP contribution in [0.4, 0.5) is 0 Å². The largest absolute Gasteiger partial charge is 0.392 e. The van der Waals surface area contributed by atoms with Crippen molar-refractivity contribution in [1.29, 1.82) is 0 Å². The highest BCUT2D eigenvalue weighted by Gasteiger charge is 2.26. The van der Waals surface area contributed by atoms with Gasteiger partial charge in [-0.15, -0.1) is 0 Å². The molecular weight excluding hydrogens is 258 g/mol. The van der Waals surface area contributed by atoms with Crippen LogP contribution in [0.1, 0.15) is 53.9 Å². The normalized spacial score (nSPS) is 20.9. The summed E-state index contributed by atoms with van der Waals surface area (Å²) in [5, 5.41) is 8.81. The van der Waals surface area contributed by atoms with Crippen molar-refractivity contribution in [3.63, 3.8) is 0 Å². The number of aliphatic hydroxyl groups is 1. The topological polar surface area (TPSA) is 20.2 Å². The molecule has 0 heterocycles. The zero-order valence-corrected chi connectivity index (χ0v) is 14.2. The van der Waals surface area contributed by atoms with E-state index in [0.29, 0.717) is 5.41 Å². The third-order valence-electron chi connectivity index (χ3n) is 4.19. The zero-order chi connectivity index (χ0) is 15.9. The molecular formula is C20H30O. The highest BCUT2D eigenvalue weighted by molar-refractivity contribution is 5.37. The van der Waals surface area contributed by atoms with Crippen LogP contribution in [0.25, 0.3) is 0 Å². The molecule has 0 fully saturated rings. The molecule has 0 aromatic rings. The smallest absolute Gasteiger partial charge is 0.0617 e. The molecule has 0 saturated heterocycles. The summed E-state index contributed by atoms with van der Waals surface area (Å²) in [5.41, 5.74) is 5.66. The van der Waals surface area contributed by atoms with E-state index in [9.17, 15) is 0 Å². The maximum absolute atomic E-state index is 8.81. The Morgan fingerprint density at radius 1 is 1.19 bits per heavy atom. The van der Waals surface area contributed by atoms with Crippen LogP contribution in [0, 0.1) is 5.41 Å². The van der Waals surface area contributed by atoms with Gasteiger partial charge in [0.15, 0.2) is 0 Å². The molecule has 0 radical (unpaired) electrons. The molecule has 0 spiro atoms. The summed E-state index contributed by atoms with van der Waals surface area (Å²) in [6.07, 6.45) is 16.3. The van der Waals surface area contributed by atoms with Gasteiger partial charge in [-0.1, -0.05) is 67.0 Å². The van der Waals surface area contributed by atoms with E-state index in [1.807, 2.05) is 19.1 Å². The fourth-order valence-corrected chi connectivity index (χ4v) is 2.84. The molecule has 0 aliphatic heterocycles. The molecule has 1 heteroatoms. The van der Waals surface area contributed by atoms with Crippen molar-refractivity contribution in [2.45, 2.75) is 53.9 Å². The van der Waals surface area contributed by atoms with Gasteiger partial charge in [0.1, 0.15) is 0 Å². The summed E-state index contributed by atoms with van der Waals surface area (Å²) in [5.74, 6) is 0. The van der Waals surface area contributed by atoms with Crippen LogP contribution in [0.3, 0.4) is 0 Å². The lowest BCUT2D eigenvalue weighted by Crippen LogP contribution is -2.19. The van der Waals surface area contributed by atoms with Gasteiger partial charge in [0, 0.05) is 0 Å². The third kappa shape index (κ3) is 5.89. The molecule has 0 amide bonds. The number of allylic oxidation sites excluding steroid dienone is 9. The summed E-state index contributed by atoms with van der Waals surface area (Å²) in [6, 6.07) is 0. The fourth-order valence-electron chi connectivity index (χ4n) is 2.84. The minimum absolute atomic E-state index is 0.0985. The van der Waals surface area contributed by atoms with Gasteiger partial charge in [-0.2, -0.15) is 0 Å². The van der Waals surface area contributed by atoms with Crippen molar-refractivity contribution in [1.82, 2.24) is 0 Å². The Morgan fingerprint density at radius 3 is 2.52 bits per heavy atom. The van der Waals surface area contributed by atoms with Gasteiger partial charge in [-0.05, 0) is 51.0 Å². The molecule has 1 aliphatic rings. The Hall–Kier alpha value is -1.34. The van der Waals surface area contributed by atoms with Crippen molar-refractivity contribution in [2.75, 3.05) is 6.61 Å². The average Bonchev–Trinajstić information content (AvgIpc) is 2.37. The summed E-state index contributed by atoms with van der Waals surface area (Å²) in [4.78, 5) is 0. The average molecular weight is 288 g/mol. The summed E-state index contributed by atoms with van der Waals surface area (Å²) in [6.45, 7) is 11.2. The maximum Gasteiger partial charge on any atom is 0.0617 e. The molecule has 21 heavy (non-hydrogen) atoms. The molecule has 116 valence electrons. The minimum Gasteiger partial charge on any atom is -0.392 e. The van der Waals surface area contributed by atoms with Crippen LogP contribution in [0.15, 0.2) is 58.7 Å². The van der Waals surface area contributed by atoms with E-state index in [1.165, 1.54) is 36.0 Å². The Bertz CT molecular complexity index is 496. The quantitative estimate of drug-likeness (QED) is 0.522. The van der Waals surface area contributed by atoms with Crippen LogP contribution in [-0.4, -0.2) is 11.7 Å². The van der Waals surface area contributed by atoms with E-state index in [4.69, 9.17) is 5.11 Å². The molecule has 1 N–H and O–H groups in total. The first-order valence-corrected chi connectivity index (χ1v) is 7.87. The molecule has 1 aliphatic carbocycles. The Morgan fingerprint density at radius 2 is 1.90 bits per heavy atom. The van der Waals surface area contributed by atoms with E-state index in [2.05, 4.69) is 45.9 Å². The predicted molar refractivity (Wildman–Crippen MR) is 93.2 cm³/mol. The number of aliphatic hydroxyl groups excluding tert-OH is 1. The van der Waals surface area contributed by atoms with Gasteiger partial charge in [0.2, 0.25) is 0 Å². The van der Waals surface area contributed by atoms with Crippen molar-refractivity contribution < 1.29 is 5.11 Å². The molecule has 0 unspecified atom stereocenters. The lowest BCUT2D eigenvalue weighted by molar-refractivity contribution is 0.342. The van der Waals surface area contributed by atoms with Crippen LogP contribution in [0.2, 0.25) is 0 Å². The lowest BCUT2D eigenvalue weighted by Gasteiger charge is -2.32. The van der Waals surface area contributed by atoms with E-state index in [0.717, 1.165) is 5.57 Å². The Kier molecular flexibility index (Phi) is 6.91. The van der Waals surface area contributed by atoms with Crippen LogP contribution >= 0.6 is 0 Å². The number of hydrogen-bond donors (Lipinski definition) is 1. The Labute approximate surface area is 130 Å². The number of rotatable bonds is 5. The van der Waals surface area contributed by atoms with Gasteiger partial charge in [0.25, 0.3) is 0 Å². The van der Waals surface area contributed by atoms with Crippen LogP contribution < -0.4 is 0 Å². The van der Waals surface area contributed by atoms with E-state index >= 15 is 0 Å². The second-order valence-corrected chi connectivity index (χ2v) is 6.67. The number of hydrogen-bond acceptors (Lipinski definition) is 1. The molecule has 0 aromatic carbocycles. The first kappa shape index (κ1) is 17.7. The molecule has 1 rings (SSSR count). The zero-order valence-electron chi connectivity index (χ0n) is 14.2. The monoisotopic (exact) mass is 288 g/mol. The summed E-state index contributed by atoms with van der Waals surface area (Å²) >= 11 is 0. The third-order valence-corrected chi connectivity index (χ3v) is 4.19. The van der Waals surface area contributed by atoms with Gasteiger partial charge >= 0.3 is 0 Å². The molecule has 0 aromatic heterocycles. The second-order valence-electron chi connectivity index (χ2n) is 6.67. The first-order chi connectivity index (χ1) is 9.86. The fraction of sp³-hybridized carbons (Fsp3) is 0.500. The predicted octanol–water partition coefficient (Wildman–Crippen LogP) is 5.51. The van der Waals surface area contributed by atoms with Crippen LogP contribution in [-0.2, 0) is 0 Å². The van der Waals surface area contributed by atoms with Crippen molar-refractivity contribution in [2.24, 2.45) is 5.41 Å². The minimum atomic E-state index is 0.0985. The maximum atomic E-state index is 8.81. The van der Waals surface area contributed by atoms with E-state index < -0.39 is 0 Å². The SMILES string of the molecule is CC1=C(/C=C/C(C)=C/C=C/C(C)=[13CH]/[13CH2]O)C(C)(C)CCC1. The molecule has 0 atom stereocenters. The highest BCUT2D eigenvalue weighted by atomic mass is 16.3. The summed E-state index contributed by atoms with van der Waals surface area (Å²) in [7, 11) is 0. The Balaban J connectivity index is 2.78. The van der Waals surface area contributed by atoms with Crippen molar-refractivity contribution >= 4 is 0 Å². The molecule has 0 bridgehead atoms. The standard InChI is InChI=1S/C20H30O/c1-16(8-6-9-17(2)13-15-21)11-12-19-18(3)10-7-14-20(19,4)5/h6,8-9,11-13,21H,7,10,14-15H2,1-5H3/b9-6+,12-11+,16-8+,17-13+/i13+1,15+1. The van der Waals surface area contributed by atoms with Gasteiger partial charge in [-0.3, -0.25) is 0 Å².